The van der Waals surface area contributed by atoms with Crippen molar-refractivity contribution in [2.24, 2.45) is 0 Å². The van der Waals surface area contributed by atoms with E-state index in [0.29, 0.717) is 6.42 Å². The van der Waals surface area contributed by atoms with Gasteiger partial charge in [0.1, 0.15) is 5.69 Å². The van der Waals surface area contributed by atoms with Crippen LogP contribution in [0.4, 0.5) is 14.5 Å². The fraction of sp³-hybridized carbons (Fsp3) is 0.533. The molecule has 0 amide bonds. The molecule has 0 spiro atoms. The normalized spacial score (nSPS) is 23.4. The number of benzene rings is 1. The molecule has 0 bridgehead atoms. The highest BCUT2D eigenvalue weighted by atomic mass is 19.1. The summed E-state index contributed by atoms with van der Waals surface area (Å²) < 4.78 is 33.7. The second-order valence-corrected chi connectivity index (χ2v) is 6.29. The predicted molar refractivity (Wildman–Crippen MR) is 72.3 cm³/mol. The molecule has 1 unspecified atom stereocenters. The van der Waals surface area contributed by atoms with E-state index in [-0.39, 0.29) is 22.9 Å². The summed E-state index contributed by atoms with van der Waals surface area (Å²) in [6.07, 6.45) is 0.638. The van der Waals surface area contributed by atoms with E-state index in [4.69, 9.17) is 10.00 Å². The van der Waals surface area contributed by atoms with E-state index < -0.39 is 17.2 Å². The van der Waals surface area contributed by atoms with Crippen LogP contribution in [0.5, 0.6) is 0 Å². The molecule has 3 nitrogen and oxygen atoms in total. The maximum absolute atomic E-state index is 13.9. The quantitative estimate of drug-likeness (QED) is 0.900. The number of hydrogen-bond acceptors (Lipinski definition) is 3. The van der Waals surface area contributed by atoms with Crippen LogP contribution in [0.1, 0.15) is 39.7 Å². The zero-order valence-electron chi connectivity index (χ0n) is 12.1. The van der Waals surface area contributed by atoms with Crippen LogP contribution < -0.4 is 5.32 Å². The third kappa shape index (κ3) is 2.75. The standard InChI is InChI=1S/C15H18F2N2O/c1-14(2)7-12(15(3,4)20-14)19-13-10(16)5-9(8-18)6-11(13)17/h5-6,12,19H,7H2,1-4H3. The molecule has 1 aromatic rings. The number of nitrogens with zero attached hydrogens (tertiary/aromatic N) is 1. The summed E-state index contributed by atoms with van der Waals surface area (Å²) in [4.78, 5) is 0. The van der Waals surface area contributed by atoms with Crippen LogP contribution in [-0.4, -0.2) is 17.2 Å². The van der Waals surface area contributed by atoms with Gasteiger partial charge in [0.25, 0.3) is 0 Å². The third-order valence-corrected chi connectivity index (χ3v) is 3.56. The molecule has 20 heavy (non-hydrogen) atoms. The van der Waals surface area contributed by atoms with Crippen LogP contribution in [0.2, 0.25) is 0 Å². The summed E-state index contributed by atoms with van der Waals surface area (Å²) in [5.41, 5.74) is -1.12. The molecule has 108 valence electrons. The summed E-state index contributed by atoms with van der Waals surface area (Å²) in [6, 6.07) is 3.57. The van der Waals surface area contributed by atoms with Crippen molar-refractivity contribution in [3.05, 3.63) is 29.3 Å². The fourth-order valence-electron chi connectivity index (χ4n) is 2.74. The van der Waals surface area contributed by atoms with Crippen LogP contribution >= 0.6 is 0 Å². The average molecular weight is 280 g/mol. The molecular formula is C15H18F2N2O. The van der Waals surface area contributed by atoms with Gasteiger partial charge in [-0.05, 0) is 46.2 Å². The highest BCUT2D eigenvalue weighted by Gasteiger charge is 2.46. The Kier molecular flexibility index (Phi) is 3.47. The zero-order valence-corrected chi connectivity index (χ0v) is 12.1. The van der Waals surface area contributed by atoms with Gasteiger partial charge in [-0.2, -0.15) is 5.26 Å². The molecule has 0 aromatic heterocycles. The number of rotatable bonds is 2. The van der Waals surface area contributed by atoms with Gasteiger partial charge in [-0.1, -0.05) is 0 Å². The largest absolute Gasteiger partial charge is 0.375 e. The van der Waals surface area contributed by atoms with Gasteiger partial charge in [-0.25, -0.2) is 8.78 Å². The zero-order chi connectivity index (χ0) is 15.1. The third-order valence-electron chi connectivity index (χ3n) is 3.56. The van der Waals surface area contributed by atoms with Crippen molar-refractivity contribution in [2.75, 3.05) is 5.32 Å². The highest BCUT2D eigenvalue weighted by Crippen LogP contribution is 2.39. The molecule has 2 rings (SSSR count). The van der Waals surface area contributed by atoms with Gasteiger partial charge in [0, 0.05) is 0 Å². The monoisotopic (exact) mass is 280 g/mol. The molecule has 1 aliphatic heterocycles. The Balaban J connectivity index is 2.30. The maximum Gasteiger partial charge on any atom is 0.150 e. The molecule has 1 fully saturated rings. The Morgan fingerprint density at radius 1 is 1.25 bits per heavy atom. The summed E-state index contributed by atoms with van der Waals surface area (Å²) >= 11 is 0. The molecule has 1 saturated heterocycles. The van der Waals surface area contributed by atoms with Gasteiger partial charge in [0.15, 0.2) is 11.6 Å². The molecule has 0 saturated carbocycles. The number of nitrogens with one attached hydrogen (secondary N) is 1. The van der Waals surface area contributed by atoms with Crippen molar-refractivity contribution in [1.82, 2.24) is 0 Å². The Hall–Kier alpha value is -1.67. The Morgan fingerprint density at radius 2 is 1.80 bits per heavy atom. The minimum atomic E-state index is -0.762. The Morgan fingerprint density at radius 3 is 2.20 bits per heavy atom. The number of ether oxygens (including phenoxy) is 1. The van der Waals surface area contributed by atoms with Crippen molar-refractivity contribution in [3.63, 3.8) is 0 Å². The number of anilines is 1. The number of halogens is 2. The van der Waals surface area contributed by atoms with E-state index in [2.05, 4.69) is 5.32 Å². The van der Waals surface area contributed by atoms with Gasteiger partial charge in [0.2, 0.25) is 0 Å². The number of hydrogen-bond donors (Lipinski definition) is 1. The fourth-order valence-corrected chi connectivity index (χ4v) is 2.74. The van der Waals surface area contributed by atoms with Gasteiger partial charge in [-0.3, -0.25) is 0 Å². The second kappa shape index (κ2) is 4.71. The first-order valence-electron chi connectivity index (χ1n) is 6.50. The topological polar surface area (TPSA) is 45.0 Å². The van der Waals surface area contributed by atoms with Crippen molar-refractivity contribution < 1.29 is 13.5 Å². The van der Waals surface area contributed by atoms with E-state index in [9.17, 15) is 8.78 Å². The minimum absolute atomic E-state index is 0.0344. The first-order chi connectivity index (χ1) is 9.14. The highest BCUT2D eigenvalue weighted by molar-refractivity contribution is 5.51. The molecular weight excluding hydrogens is 262 g/mol. The first-order valence-corrected chi connectivity index (χ1v) is 6.50. The van der Waals surface area contributed by atoms with Crippen LogP contribution in [0.15, 0.2) is 12.1 Å². The van der Waals surface area contributed by atoms with Crippen molar-refractivity contribution in [1.29, 1.82) is 5.26 Å². The Labute approximate surface area is 117 Å². The van der Waals surface area contributed by atoms with E-state index in [1.54, 1.807) is 6.07 Å². The lowest BCUT2D eigenvalue weighted by Gasteiger charge is -2.28. The molecule has 1 heterocycles. The Bertz CT molecular complexity index is 553. The maximum atomic E-state index is 13.9. The van der Waals surface area contributed by atoms with Crippen LogP contribution in [0.25, 0.3) is 0 Å². The molecule has 0 aliphatic carbocycles. The summed E-state index contributed by atoms with van der Waals surface area (Å²) in [7, 11) is 0. The molecule has 1 N–H and O–H groups in total. The van der Waals surface area contributed by atoms with Gasteiger partial charge < -0.3 is 10.1 Å². The van der Waals surface area contributed by atoms with Crippen molar-refractivity contribution >= 4 is 5.69 Å². The van der Waals surface area contributed by atoms with Gasteiger partial charge in [-0.15, -0.1) is 0 Å². The van der Waals surface area contributed by atoms with E-state index >= 15 is 0 Å². The van der Waals surface area contributed by atoms with E-state index in [1.807, 2.05) is 27.7 Å². The number of nitriles is 1. The lowest BCUT2D eigenvalue weighted by molar-refractivity contribution is -0.0662. The van der Waals surface area contributed by atoms with Gasteiger partial charge in [0.05, 0.1) is 28.9 Å². The lowest BCUT2D eigenvalue weighted by Crippen LogP contribution is -2.38. The van der Waals surface area contributed by atoms with E-state index in [0.717, 1.165) is 12.1 Å². The minimum Gasteiger partial charge on any atom is -0.375 e. The summed E-state index contributed by atoms with van der Waals surface area (Å²) in [5.74, 6) is -1.52. The average Bonchev–Trinajstić information content (AvgIpc) is 2.51. The molecule has 1 atom stereocenters. The molecule has 1 aromatic carbocycles. The van der Waals surface area contributed by atoms with Crippen molar-refractivity contribution in [2.45, 2.75) is 51.4 Å². The smallest absolute Gasteiger partial charge is 0.150 e. The molecule has 5 heteroatoms. The van der Waals surface area contributed by atoms with Crippen LogP contribution in [0, 0.1) is 23.0 Å². The predicted octanol–water partition coefficient (Wildman–Crippen LogP) is 3.59. The van der Waals surface area contributed by atoms with Crippen LogP contribution in [-0.2, 0) is 4.74 Å². The molecule has 1 aliphatic rings. The lowest BCUT2D eigenvalue weighted by atomic mass is 9.94. The van der Waals surface area contributed by atoms with Crippen molar-refractivity contribution in [3.8, 4) is 6.07 Å². The van der Waals surface area contributed by atoms with Crippen LogP contribution in [0.3, 0.4) is 0 Å². The summed E-state index contributed by atoms with van der Waals surface area (Å²) in [6.45, 7) is 7.67. The van der Waals surface area contributed by atoms with E-state index in [1.165, 1.54) is 0 Å². The van der Waals surface area contributed by atoms with Gasteiger partial charge >= 0.3 is 0 Å². The summed E-state index contributed by atoms with van der Waals surface area (Å²) in [5, 5.41) is 11.6. The SMILES string of the molecule is CC1(C)CC(Nc2c(F)cc(C#N)cc2F)C(C)(C)O1. The first kappa shape index (κ1) is 14.7. The molecule has 0 radical (unpaired) electrons. The second-order valence-electron chi connectivity index (χ2n) is 6.29.